The molecule has 2 amide bonds. The molecule has 30 heavy (non-hydrogen) atoms. The van der Waals surface area contributed by atoms with Crippen LogP contribution in [0, 0.1) is 0 Å². The van der Waals surface area contributed by atoms with Gasteiger partial charge in [-0.25, -0.2) is 12.7 Å². The van der Waals surface area contributed by atoms with Crippen molar-refractivity contribution in [1.82, 2.24) is 9.62 Å². The third-order valence-corrected chi connectivity index (χ3v) is 6.48. The zero-order valence-electron chi connectivity index (χ0n) is 15.3. The number of carbonyl (C=O) groups excluding carboxylic acids is 2. The van der Waals surface area contributed by atoms with Gasteiger partial charge in [0.05, 0.1) is 12.7 Å². The first kappa shape index (κ1) is 22.5. The van der Waals surface area contributed by atoms with Gasteiger partial charge in [0.25, 0.3) is 15.9 Å². The van der Waals surface area contributed by atoms with Crippen molar-refractivity contribution < 1.29 is 27.5 Å². The summed E-state index contributed by atoms with van der Waals surface area (Å²) in [6.45, 7) is -0.806. The minimum Gasteiger partial charge on any atom is -0.497 e. The molecule has 1 aliphatic heterocycles. The lowest BCUT2D eigenvalue weighted by Gasteiger charge is -2.27. The van der Waals surface area contributed by atoms with Gasteiger partial charge >= 0.3 is 0 Å². The summed E-state index contributed by atoms with van der Waals surface area (Å²) < 4.78 is 34.1. The highest BCUT2D eigenvalue weighted by Gasteiger charge is 2.43. The van der Waals surface area contributed by atoms with Gasteiger partial charge in [0.15, 0.2) is 0 Å². The standard InChI is InChI=1S/C18H15Cl3N2O6S/c1-28-11-6-8-12(9-7-11)29-17(18(19,20)21)22-15(24)10-23-16(25)13-4-2-3-5-14(13)30(23,26)27/h2-9,17H,10H2,1H3,(H,22,24). The fourth-order valence-corrected chi connectivity index (χ4v) is 4.50. The molecule has 1 N–H and O–H groups in total. The molecule has 0 spiro atoms. The molecule has 0 radical (unpaired) electrons. The maximum Gasteiger partial charge on any atom is 0.269 e. The molecule has 3 rings (SSSR count). The maximum absolute atomic E-state index is 12.6. The van der Waals surface area contributed by atoms with E-state index >= 15 is 0 Å². The quantitative estimate of drug-likeness (QED) is 0.490. The average Bonchev–Trinajstić information content (AvgIpc) is 2.88. The Morgan fingerprint density at radius 2 is 1.70 bits per heavy atom. The van der Waals surface area contributed by atoms with Gasteiger partial charge in [0, 0.05) is 0 Å². The Hall–Kier alpha value is -2.20. The molecule has 12 heteroatoms. The Balaban J connectivity index is 1.74. The number of carbonyl (C=O) groups is 2. The third kappa shape index (κ3) is 4.59. The van der Waals surface area contributed by atoms with E-state index in [1.54, 1.807) is 12.1 Å². The van der Waals surface area contributed by atoms with Crippen LogP contribution in [0.1, 0.15) is 10.4 Å². The first-order valence-electron chi connectivity index (χ1n) is 8.37. The van der Waals surface area contributed by atoms with Gasteiger partial charge in [-0.1, -0.05) is 46.9 Å². The molecule has 0 saturated carbocycles. The van der Waals surface area contributed by atoms with E-state index in [1.165, 1.54) is 43.5 Å². The second kappa shape index (κ2) is 8.50. The van der Waals surface area contributed by atoms with Gasteiger partial charge in [-0.2, -0.15) is 0 Å². The summed E-state index contributed by atoms with van der Waals surface area (Å²) in [5.74, 6) is -0.898. The first-order valence-corrected chi connectivity index (χ1v) is 10.9. The summed E-state index contributed by atoms with van der Waals surface area (Å²) in [6.07, 6.45) is -1.47. The van der Waals surface area contributed by atoms with Crippen LogP contribution in [0.3, 0.4) is 0 Å². The summed E-state index contributed by atoms with van der Waals surface area (Å²) in [6, 6.07) is 11.9. The van der Waals surface area contributed by atoms with E-state index in [-0.39, 0.29) is 16.2 Å². The topological polar surface area (TPSA) is 102 Å². The molecule has 8 nitrogen and oxygen atoms in total. The van der Waals surface area contributed by atoms with E-state index in [1.807, 2.05) is 0 Å². The second-order valence-electron chi connectivity index (χ2n) is 6.10. The lowest BCUT2D eigenvalue weighted by Crippen LogP contribution is -2.51. The SMILES string of the molecule is COc1ccc(OC(NC(=O)CN2C(=O)c3ccccc3S2(=O)=O)C(Cl)(Cl)Cl)cc1. The maximum atomic E-state index is 12.6. The zero-order chi connectivity index (χ0) is 22.1. The van der Waals surface area contributed by atoms with Crippen LogP contribution < -0.4 is 14.8 Å². The van der Waals surface area contributed by atoms with E-state index in [0.717, 1.165) is 0 Å². The highest BCUT2D eigenvalue weighted by Crippen LogP contribution is 2.33. The van der Waals surface area contributed by atoms with Crippen LogP contribution in [-0.2, 0) is 14.8 Å². The van der Waals surface area contributed by atoms with Crippen molar-refractivity contribution in [2.24, 2.45) is 0 Å². The number of nitrogens with zero attached hydrogens (tertiary/aromatic N) is 1. The molecule has 1 atom stereocenters. The normalized spacial score (nSPS) is 16.0. The smallest absolute Gasteiger partial charge is 0.269 e. The van der Waals surface area contributed by atoms with Gasteiger partial charge in [0.1, 0.15) is 22.9 Å². The fourth-order valence-electron chi connectivity index (χ4n) is 2.68. The molecule has 2 aromatic carbocycles. The number of sulfonamides is 1. The summed E-state index contributed by atoms with van der Waals surface area (Å²) >= 11 is 17.7. The first-order chi connectivity index (χ1) is 14.0. The number of methoxy groups -OCH3 is 1. The highest BCUT2D eigenvalue weighted by molar-refractivity contribution is 7.90. The molecule has 0 aliphatic carbocycles. The number of ether oxygens (including phenoxy) is 2. The third-order valence-electron chi connectivity index (χ3n) is 4.10. The van der Waals surface area contributed by atoms with Crippen LogP contribution in [-0.4, -0.2) is 48.2 Å². The van der Waals surface area contributed by atoms with E-state index in [4.69, 9.17) is 44.3 Å². The van der Waals surface area contributed by atoms with Crippen LogP contribution in [0.4, 0.5) is 0 Å². The molecule has 1 heterocycles. The Morgan fingerprint density at radius 3 is 2.27 bits per heavy atom. The van der Waals surface area contributed by atoms with Crippen molar-refractivity contribution in [1.29, 1.82) is 0 Å². The molecule has 0 saturated heterocycles. The number of hydrogen-bond acceptors (Lipinski definition) is 6. The molecule has 2 aromatic rings. The Labute approximate surface area is 187 Å². The Morgan fingerprint density at radius 1 is 1.10 bits per heavy atom. The highest BCUT2D eigenvalue weighted by atomic mass is 35.6. The van der Waals surface area contributed by atoms with Crippen LogP contribution in [0.2, 0.25) is 0 Å². The van der Waals surface area contributed by atoms with Crippen molar-refractivity contribution in [3.05, 3.63) is 54.1 Å². The second-order valence-corrected chi connectivity index (χ2v) is 10.3. The lowest BCUT2D eigenvalue weighted by molar-refractivity contribution is -0.123. The Kier molecular flexibility index (Phi) is 6.37. The number of benzene rings is 2. The predicted molar refractivity (Wildman–Crippen MR) is 111 cm³/mol. The van der Waals surface area contributed by atoms with E-state index < -0.39 is 38.4 Å². The van der Waals surface area contributed by atoms with Gasteiger partial charge in [-0.05, 0) is 36.4 Å². The van der Waals surface area contributed by atoms with Crippen LogP contribution >= 0.6 is 34.8 Å². The molecule has 160 valence electrons. The minimum absolute atomic E-state index is 0.0160. The van der Waals surface area contributed by atoms with Gasteiger partial charge < -0.3 is 14.8 Å². The number of nitrogens with one attached hydrogen (secondary N) is 1. The average molecular weight is 494 g/mol. The minimum atomic E-state index is -4.16. The van der Waals surface area contributed by atoms with Gasteiger partial charge in [0.2, 0.25) is 15.9 Å². The number of alkyl halides is 3. The molecular formula is C18H15Cl3N2O6S. The lowest BCUT2D eigenvalue weighted by atomic mass is 10.2. The fraction of sp³-hybridized carbons (Fsp3) is 0.222. The molecule has 1 aliphatic rings. The molecule has 0 aromatic heterocycles. The van der Waals surface area contributed by atoms with Crippen molar-refractivity contribution in [3.63, 3.8) is 0 Å². The largest absolute Gasteiger partial charge is 0.497 e. The van der Waals surface area contributed by atoms with Gasteiger partial charge in [-0.3, -0.25) is 9.59 Å². The summed E-state index contributed by atoms with van der Waals surface area (Å²) in [4.78, 5) is 24.7. The monoisotopic (exact) mass is 492 g/mol. The Bertz CT molecular complexity index is 1070. The summed E-state index contributed by atoms with van der Waals surface area (Å²) in [7, 11) is -2.67. The van der Waals surface area contributed by atoms with Crippen molar-refractivity contribution >= 4 is 56.6 Å². The van der Waals surface area contributed by atoms with Crippen LogP contribution in [0.25, 0.3) is 0 Å². The number of amides is 2. The number of rotatable bonds is 6. The van der Waals surface area contributed by atoms with Crippen molar-refractivity contribution in [2.45, 2.75) is 14.9 Å². The molecular weight excluding hydrogens is 479 g/mol. The molecule has 0 bridgehead atoms. The van der Waals surface area contributed by atoms with Crippen LogP contribution in [0.15, 0.2) is 53.4 Å². The van der Waals surface area contributed by atoms with Crippen molar-refractivity contribution in [2.75, 3.05) is 13.7 Å². The van der Waals surface area contributed by atoms with E-state index in [0.29, 0.717) is 10.1 Å². The van der Waals surface area contributed by atoms with E-state index in [9.17, 15) is 18.0 Å². The molecule has 0 fully saturated rings. The summed E-state index contributed by atoms with van der Waals surface area (Å²) in [5, 5.41) is 2.30. The van der Waals surface area contributed by atoms with Crippen molar-refractivity contribution in [3.8, 4) is 11.5 Å². The van der Waals surface area contributed by atoms with Crippen LogP contribution in [0.5, 0.6) is 11.5 Å². The predicted octanol–water partition coefficient (Wildman–Crippen LogP) is 2.73. The number of halogens is 3. The molecule has 1 unspecified atom stereocenters. The number of fused-ring (bicyclic) bond motifs is 1. The van der Waals surface area contributed by atoms with E-state index in [2.05, 4.69) is 5.32 Å². The van der Waals surface area contributed by atoms with Gasteiger partial charge in [-0.15, -0.1) is 0 Å². The number of hydrogen-bond donors (Lipinski definition) is 1. The summed E-state index contributed by atoms with van der Waals surface area (Å²) in [5.41, 5.74) is -0.0160. The zero-order valence-corrected chi connectivity index (χ0v) is 18.4.